The first-order chi connectivity index (χ1) is 15.6. The van der Waals surface area contributed by atoms with Crippen LogP contribution in [0.5, 0.6) is 11.5 Å². The van der Waals surface area contributed by atoms with E-state index in [4.69, 9.17) is 9.47 Å². The summed E-state index contributed by atoms with van der Waals surface area (Å²) in [6.45, 7) is 3.02. The first-order valence-electron chi connectivity index (χ1n) is 9.91. The molecule has 0 aliphatic carbocycles. The summed E-state index contributed by atoms with van der Waals surface area (Å²) in [5.74, 6) is 1.94. The van der Waals surface area contributed by atoms with E-state index in [0.29, 0.717) is 41.1 Å². The lowest BCUT2D eigenvalue weighted by atomic mass is 10.2. The number of carbonyl (C=O) groups excluding carboxylic acids is 2. The third-order valence-corrected chi connectivity index (χ3v) is 6.24. The predicted octanol–water partition coefficient (Wildman–Crippen LogP) is 3.75. The van der Waals surface area contributed by atoms with Gasteiger partial charge in [0.1, 0.15) is 16.5 Å². The van der Waals surface area contributed by atoms with E-state index in [2.05, 4.69) is 20.8 Å². The number of hydrogen-bond acceptors (Lipinski definition) is 8. The molecule has 0 fully saturated rings. The number of thioether (sulfide) groups is 1. The molecular weight excluding hydrogens is 448 g/mol. The number of rotatable bonds is 11. The van der Waals surface area contributed by atoms with Gasteiger partial charge >= 0.3 is 0 Å². The van der Waals surface area contributed by atoms with E-state index < -0.39 is 0 Å². The summed E-state index contributed by atoms with van der Waals surface area (Å²) in [4.78, 5) is 24.4. The maximum Gasteiger partial charge on any atom is 0.286 e. The van der Waals surface area contributed by atoms with Gasteiger partial charge in [0, 0.05) is 18.0 Å². The monoisotopic (exact) mass is 472 g/mol. The zero-order chi connectivity index (χ0) is 22.8. The third-order valence-electron chi connectivity index (χ3n) is 4.19. The van der Waals surface area contributed by atoms with Crippen LogP contribution in [0.15, 0.2) is 48.5 Å². The first-order valence-corrected chi connectivity index (χ1v) is 11.9. The molecule has 2 amide bonds. The molecule has 1 aromatic heterocycles. The maximum atomic E-state index is 12.3. The molecule has 0 unspecified atom stereocenters. The predicted molar refractivity (Wildman–Crippen MR) is 126 cm³/mol. The minimum Gasteiger partial charge on any atom is -0.497 e. The maximum absolute atomic E-state index is 12.3. The van der Waals surface area contributed by atoms with Gasteiger partial charge in [0.2, 0.25) is 10.9 Å². The van der Waals surface area contributed by atoms with Gasteiger partial charge in [-0.15, -0.1) is 22.0 Å². The van der Waals surface area contributed by atoms with Crippen LogP contribution in [-0.2, 0) is 17.1 Å². The molecule has 0 spiro atoms. The second-order valence-corrected chi connectivity index (χ2v) is 8.58. The minimum atomic E-state index is -0.322. The molecule has 2 N–H and O–H groups in total. The van der Waals surface area contributed by atoms with Gasteiger partial charge in [-0.05, 0) is 48.9 Å². The average Bonchev–Trinajstić information content (AvgIpc) is 3.28. The SMILES string of the molecule is CCOc1ccc(CNC(=O)CSCc2nnc(C(=O)Nc3ccc(OC)cc3)s2)cc1. The largest absolute Gasteiger partial charge is 0.497 e. The summed E-state index contributed by atoms with van der Waals surface area (Å²) in [7, 11) is 1.58. The molecule has 0 atom stereocenters. The number of hydrogen-bond donors (Lipinski definition) is 2. The molecule has 0 aliphatic heterocycles. The molecule has 0 saturated carbocycles. The standard InChI is InChI=1S/C22H24N4O4S2/c1-3-30-18-8-4-15(5-9-18)12-23-19(27)13-31-14-20-25-26-22(32-20)21(28)24-16-6-10-17(29-2)11-7-16/h4-11H,3,12-14H2,1-2H3,(H,23,27)(H,24,28). The molecular formula is C22H24N4O4S2. The fourth-order valence-corrected chi connectivity index (χ4v) is 4.25. The lowest BCUT2D eigenvalue weighted by Crippen LogP contribution is -2.24. The molecule has 8 nitrogen and oxygen atoms in total. The Bertz CT molecular complexity index is 1020. The van der Waals surface area contributed by atoms with Crippen LogP contribution in [0.3, 0.4) is 0 Å². The minimum absolute atomic E-state index is 0.0640. The van der Waals surface area contributed by atoms with E-state index in [-0.39, 0.29) is 16.8 Å². The Labute approximate surface area is 194 Å². The topological polar surface area (TPSA) is 102 Å². The van der Waals surface area contributed by atoms with Crippen molar-refractivity contribution in [2.45, 2.75) is 19.2 Å². The van der Waals surface area contributed by atoms with Crippen LogP contribution in [0.4, 0.5) is 5.69 Å². The van der Waals surface area contributed by atoms with Crippen molar-refractivity contribution in [3.05, 3.63) is 64.1 Å². The van der Waals surface area contributed by atoms with Crippen molar-refractivity contribution >= 4 is 40.6 Å². The number of anilines is 1. The van der Waals surface area contributed by atoms with Crippen LogP contribution in [0.1, 0.15) is 27.3 Å². The number of nitrogens with one attached hydrogen (secondary N) is 2. The van der Waals surface area contributed by atoms with Crippen LogP contribution in [0, 0.1) is 0 Å². The number of methoxy groups -OCH3 is 1. The molecule has 1 heterocycles. The fraction of sp³-hybridized carbons (Fsp3) is 0.273. The van der Waals surface area contributed by atoms with Crippen LogP contribution >= 0.6 is 23.1 Å². The van der Waals surface area contributed by atoms with E-state index in [0.717, 1.165) is 11.3 Å². The Kier molecular flexibility index (Phi) is 8.88. The molecule has 10 heteroatoms. The summed E-state index contributed by atoms with van der Waals surface area (Å²) in [6.07, 6.45) is 0. The molecule has 0 aliphatic rings. The Morgan fingerprint density at radius 3 is 2.44 bits per heavy atom. The van der Waals surface area contributed by atoms with Crippen molar-refractivity contribution in [3.63, 3.8) is 0 Å². The lowest BCUT2D eigenvalue weighted by molar-refractivity contribution is -0.118. The number of nitrogens with zero attached hydrogens (tertiary/aromatic N) is 2. The van der Waals surface area contributed by atoms with Gasteiger partial charge < -0.3 is 20.1 Å². The summed E-state index contributed by atoms with van der Waals surface area (Å²) in [5, 5.41) is 14.6. The van der Waals surface area contributed by atoms with Crippen molar-refractivity contribution in [1.29, 1.82) is 0 Å². The van der Waals surface area contributed by atoms with Crippen LogP contribution in [0.2, 0.25) is 0 Å². The van der Waals surface area contributed by atoms with Gasteiger partial charge in [-0.3, -0.25) is 9.59 Å². The number of aromatic nitrogens is 2. The molecule has 0 radical (unpaired) electrons. The Morgan fingerprint density at radius 1 is 1.03 bits per heavy atom. The number of benzene rings is 2. The fourth-order valence-electron chi connectivity index (χ4n) is 2.62. The summed E-state index contributed by atoms with van der Waals surface area (Å²) in [5.41, 5.74) is 1.65. The molecule has 32 heavy (non-hydrogen) atoms. The number of ether oxygens (including phenoxy) is 2. The molecule has 168 valence electrons. The zero-order valence-electron chi connectivity index (χ0n) is 17.8. The first kappa shape index (κ1) is 23.6. The van der Waals surface area contributed by atoms with Gasteiger partial charge in [0.25, 0.3) is 5.91 Å². The highest BCUT2D eigenvalue weighted by Gasteiger charge is 2.14. The van der Waals surface area contributed by atoms with Crippen molar-refractivity contribution in [2.75, 3.05) is 24.8 Å². The highest BCUT2D eigenvalue weighted by atomic mass is 32.2. The molecule has 0 bridgehead atoms. The van der Waals surface area contributed by atoms with Crippen molar-refractivity contribution in [3.8, 4) is 11.5 Å². The van der Waals surface area contributed by atoms with Crippen LogP contribution < -0.4 is 20.1 Å². The molecule has 3 rings (SSSR count). The van der Waals surface area contributed by atoms with Crippen LogP contribution in [0.25, 0.3) is 0 Å². The van der Waals surface area contributed by atoms with E-state index in [1.165, 1.54) is 23.1 Å². The van der Waals surface area contributed by atoms with Gasteiger partial charge in [0.15, 0.2) is 0 Å². The van der Waals surface area contributed by atoms with Crippen LogP contribution in [-0.4, -0.2) is 41.5 Å². The quantitative estimate of drug-likeness (QED) is 0.438. The smallest absolute Gasteiger partial charge is 0.286 e. The van der Waals surface area contributed by atoms with Crippen molar-refractivity contribution < 1.29 is 19.1 Å². The van der Waals surface area contributed by atoms with E-state index >= 15 is 0 Å². The zero-order valence-corrected chi connectivity index (χ0v) is 19.4. The Balaban J connectivity index is 1.38. The highest BCUT2D eigenvalue weighted by Crippen LogP contribution is 2.19. The summed E-state index contributed by atoms with van der Waals surface area (Å²) < 4.78 is 10.5. The average molecular weight is 473 g/mol. The van der Waals surface area contributed by atoms with Crippen molar-refractivity contribution in [2.24, 2.45) is 0 Å². The molecule has 2 aromatic carbocycles. The lowest BCUT2D eigenvalue weighted by Gasteiger charge is -2.07. The van der Waals surface area contributed by atoms with E-state index in [1.807, 2.05) is 31.2 Å². The normalized spacial score (nSPS) is 10.4. The van der Waals surface area contributed by atoms with Gasteiger partial charge in [-0.2, -0.15) is 0 Å². The number of carbonyl (C=O) groups is 2. The number of amides is 2. The summed E-state index contributed by atoms with van der Waals surface area (Å²) >= 11 is 2.63. The van der Waals surface area contributed by atoms with Gasteiger partial charge in [0.05, 0.1) is 19.5 Å². The van der Waals surface area contributed by atoms with Gasteiger partial charge in [-0.25, -0.2) is 0 Å². The Morgan fingerprint density at radius 2 is 1.75 bits per heavy atom. The third kappa shape index (κ3) is 7.24. The molecule has 0 saturated heterocycles. The van der Waals surface area contributed by atoms with E-state index in [1.54, 1.807) is 31.4 Å². The Hall–Kier alpha value is -3.11. The second-order valence-electron chi connectivity index (χ2n) is 6.53. The molecule has 3 aromatic rings. The second kappa shape index (κ2) is 12.1. The van der Waals surface area contributed by atoms with Gasteiger partial charge in [-0.1, -0.05) is 23.5 Å². The van der Waals surface area contributed by atoms with E-state index in [9.17, 15) is 9.59 Å². The van der Waals surface area contributed by atoms with Crippen molar-refractivity contribution in [1.82, 2.24) is 15.5 Å². The summed E-state index contributed by atoms with van der Waals surface area (Å²) in [6, 6.07) is 14.7. The highest BCUT2D eigenvalue weighted by molar-refractivity contribution is 7.99.